The molecule has 1 saturated heterocycles. The highest BCUT2D eigenvalue weighted by atomic mass is 19.1. The highest BCUT2D eigenvalue weighted by molar-refractivity contribution is 5.99. The molecule has 9 heteroatoms. The number of furan rings is 1. The second-order valence-electron chi connectivity index (χ2n) is 6.96. The molecule has 1 amide bonds. The predicted octanol–water partition coefficient (Wildman–Crippen LogP) is 3.43. The summed E-state index contributed by atoms with van der Waals surface area (Å²) in [4.78, 5) is 27.7. The first-order valence-electron chi connectivity index (χ1n) is 9.30. The maximum atomic E-state index is 14.1. The molecule has 1 aromatic carbocycles. The Bertz CT molecular complexity index is 1200. The largest absolute Gasteiger partial charge is 0.448 e. The van der Waals surface area contributed by atoms with E-state index < -0.39 is 5.82 Å². The minimum Gasteiger partial charge on any atom is -0.448 e. The van der Waals surface area contributed by atoms with E-state index in [-0.39, 0.29) is 23.3 Å². The third-order valence-electron chi connectivity index (χ3n) is 5.23. The Balaban J connectivity index is 1.47. The van der Waals surface area contributed by atoms with Crippen LogP contribution in [0.1, 0.15) is 40.8 Å². The molecule has 29 heavy (non-hydrogen) atoms. The van der Waals surface area contributed by atoms with E-state index in [1.165, 1.54) is 6.07 Å². The summed E-state index contributed by atoms with van der Waals surface area (Å²) in [7, 11) is 0. The number of fused-ring (bicyclic) bond motifs is 1. The molecule has 4 aromatic rings. The average Bonchev–Trinajstić information content (AvgIpc) is 3.47. The number of rotatable bonds is 3. The average molecular weight is 392 g/mol. The number of benzene rings is 1. The molecule has 0 radical (unpaired) electrons. The van der Waals surface area contributed by atoms with Crippen LogP contribution < -0.4 is 0 Å². The van der Waals surface area contributed by atoms with E-state index >= 15 is 0 Å². The lowest BCUT2D eigenvalue weighted by Gasteiger charge is -2.22. The number of hydrogen-bond donors (Lipinski definition) is 1. The number of aromatic amines is 1. The third kappa shape index (κ3) is 2.86. The zero-order chi connectivity index (χ0) is 20.0. The van der Waals surface area contributed by atoms with Gasteiger partial charge in [-0.1, -0.05) is 12.1 Å². The highest BCUT2D eigenvalue weighted by Gasteiger charge is 2.35. The van der Waals surface area contributed by atoms with Crippen LogP contribution >= 0.6 is 0 Å². The summed E-state index contributed by atoms with van der Waals surface area (Å²) in [5.41, 5.74) is 1.29. The number of hydrogen-bond acceptors (Lipinski definition) is 6. The predicted molar refractivity (Wildman–Crippen MR) is 101 cm³/mol. The number of nitrogens with one attached hydrogen (secondary N) is 1. The Morgan fingerprint density at radius 2 is 2.24 bits per heavy atom. The van der Waals surface area contributed by atoms with Gasteiger partial charge in [0.15, 0.2) is 17.2 Å². The Morgan fingerprint density at radius 1 is 1.34 bits per heavy atom. The SMILES string of the molecule is Cc1c(C(=O)N2CCCC2c2nc(-c3cnccn3)n[nH]2)oc2c(F)cccc12. The molecule has 0 saturated carbocycles. The monoisotopic (exact) mass is 392 g/mol. The number of aromatic nitrogens is 5. The van der Waals surface area contributed by atoms with E-state index in [2.05, 4.69) is 25.1 Å². The number of aryl methyl sites for hydroxylation is 1. The third-order valence-corrected chi connectivity index (χ3v) is 5.23. The summed E-state index contributed by atoms with van der Waals surface area (Å²) in [6.07, 6.45) is 6.30. The number of carbonyl (C=O) groups excluding carboxylic acids is 1. The van der Waals surface area contributed by atoms with E-state index in [4.69, 9.17) is 4.42 Å². The van der Waals surface area contributed by atoms with Gasteiger partial charge in [-0.05, 0) is 25.8 Å². The minimum absolute atomic E-state index is 0.105. The van der Waals surface area contributed by atoms with Crippen LogP contribution in [0.4, 0.5) is 4.39 Å². The molecular weight excluding hydrogens is 375 g/mol. The van der Waals surface area contributed by atoms with Gasteiger partial charge in [-0.25, -0.2) is 14.4 Å². The number of halogens is 1. The van der Waals surface area contributed by atoms with Gasteiger partial charge in [0, 0.05) is 29.9 Å². The smallest absolute Gasteiger partial charge is 0.290 e. The van der Waals surface area contributed by atoms with Crippen LogP contribution in [0.5, 0.6) is 0 Å². The molecule has 1 aliphatic rings. The van der Waals surface area contributed by atoms with Gasteiger partial charge in [-0.2, -0.15) is 5.10 Å². The van der Waals surface area contributed by atoms with Crippen molar-refractivity contribution in [3.63, 3.8) is 0 Å². The molecular formula is C20H17FN6O2. The van der Waals surface area contributed by atoms with Crippen LogP contribution in [-0.4, -0.2) is 42.5 Å². The fourth-order valence-electron chi connectivity index (χ4n) is 3.79. The molecule has 3 aromatic heterocycles. The topological polar surface area (TPSA) is 101 Å². The van der Waals surface area contributed by atoms with Crippen molar-refractivity contribution >= 4 is 16.9 Å². The van der Waals surface area contributed by atoms with Gasteiger partial charge < -0.3 is 9.32 Å². The van der Waals surface area contributed by atoms with Crippen molar-refractivity contribution in [3.8, 4) is 11.5 Å². The number of para-hydroxylation sites is 1. The number of likely N-dealkylation sites (tertiary alicyclic amines) is 1. The Labute approximate surface area is 164 Å². The van der Waals surface area contributed by atoms with Crippen molar-refractivity contribution in [2.75, 3.05) is 6.54 Å². The molecule has 1 unspecified atom stereocenters. The standard InChI is InChI=1S/C20H17FN6O2/c1-11-12-4-2-5-13(21)17(12)29-16(11)20(28)27-9-3-6-15(27)19-24-18(25-26-19)14-10-22-7-8-23-14/h2,4-5,7-8,10,15H,3,6,9H2,1H3,(H,24,25,26). The molecule has 1 fully saturated rings. The summed E-state index contributed by atoms with van der Waals surface area (Å²) in [6, 6.07) is 4.41. The van der Waals surface area contributed by atoms with Crippen LogP contribution in [0.2, 0.25) is 0 Å². The first-order chi connectivity index (χ1) is 14.1. The maximum absolute atomic E-state index is 14.1. The number of amides is 1. The lowest BCUT2D eigenvalue weighted by molar-refractivity contribution is 0.0699. The molecule has 0 spiro atoms. The van der Waals surface area contributed by atoms with Gasteiger partial charge in [0.05, 0.1) is 12.2 Å². The van der Waals surface area contributed by atoms with Crippen LogP contribution in [0.25, 0.3) is 22.5 Å². The summed E-state index contributed by atoms with van der Waals surface area (Å²) in [6.45, 7) is 2.33. The molecule has 146 valence electrons. The van der Waals surface area contributed by atoms with E-state index in [0.717, 1.165) is 12.8 Å². The zero-order valence-corrected chi connectivity index (χ0v) is 15.6. The minimum atomic E-state index is -0.480. The van der Waals surface area contributed by atoms with E-state index in [0.29, 0.717) is 34.8 Å². The van der Waals surface area contributed by atoms with Crippen molar-refractivity contribution < 1.29 is 13.6 Å². The molecule has 1 aliphatic heterocycles. The fraction of sp³-hybridized carbons (Fsp3) is 0.250. The van der Waals surface area contributed by atoms with E-state index in [1.807, 2.05) is 0 Å². The molecule has 8 nitrogen and oxygen atoms in total. The number of nitrogens with zero attached hydrogens (tertiary/aromatic N) is 5. The van der Waals surface area contributed by atoms with E-state index in [9.17, 15) is 9.18 Å². The van der Waals surface area contributed by atoms with Gasteiger partial charge in [-0.15, -0.1) is 0 Å². The molecule has 1 atom stereocenters. The Morgan fingerprint density at radius 3 is 3.03 bits per heavy atom. The second-order valence-corrected chi connectivity index (χ2v) is 6.96. The maximum Gasteiger partial charge on any atom is 0.290 e. The first-order valence-corrected chi connectivity index (χ1v) is 9.30. The van der Waals surface area contributed by atoms with Crippen LogP contribution in [0.3, 0.4) is 0 Å². The van der Waals surface area contributed by atoms with Crippen molar-refractivity contribution in [2.45, 2.75) is 25.8 Å². The molecule has 0 aliphatic carbocycles. The van der Waals surface area contributed by atoms with Gasteiger partial charge in [0.2, 0.25) is 5.82 Å². The van der Waals surface area contributed by atoms with Gasteiger partial charge >= 0.3 is 0 Å². The van der Waals surface area contributed by atoms with E-state index in [1.54, 1.807) is 42.5 Å². The second kappa shape index (κ2) is 6.77. The van der Waals surface area contributed by atoms with Crippen molar-refractivity contribution in [1.29, 1.82) is 0 Å². The number of carbonyl (C=O) groups is 1. The van der Waals surface area contributed by atoms with Crippen molar-refractivity contribution in [1.82, 2.24) is 30.0 Å². The highest BCUT2D eigenvalue weighted by Crippen LogP contribution is 2.34. The fourth-order valence-corrected chi connectivity index (χ4v) is 3.79. The van der Waals surface area contributed by atoms with Crippen molar-refractivity contribution in [2.24, 2.45) is 0 Å². The van der Waals surface area contributed by atoms with Crippen LogP contribution in [0.15, 0.2) is 41.2 Å². The van der Waals surface area contributed by atoms with Crippen molar-refractivity contribution in [3.05, 3.63) is 59.8 Å². The Hall–Kier alpha value is -3.62. The quantitative estimate of drug-likeness (QED) is 0.573. The summed E-state index contributed by atoms with van der Waals surface area (Å²) < 4.78 is 19.7. The summed E-state index contributed by atoms with van der Waals surface area (Å²) in [5, 5.41) is 7.74. The first kappa shape index (κ1) is 17.5. The summed E-state index contributed by atoms with van der Waals surface area (Å²) in [5.74, 6) is 0.404. The Kier molecular flexibility index (Phi) is 4.08. The molecule has 1 N–H and O–H groups in total. The van der Waals surface area contributed by atoms with Crippen LogP contribution in [-0.2, 0) is 0 Å². The van der Waals surface area contributed by atoms with Gasteiger partial charge in [-0.3, -0.25) is 14.9 Å². The summed E-state index contributed by atoms with van der Waals surface area (Å²) >= 11 is 0. The zero-order valence-electron chi connectivity index (χ0n) is 15.6. The van der Waals surface area contributed by atoms with Gasteiger partial charge in [0.25, 0.3) is 5.91 Å². The molecule has 4 heterocycles. The molecule has 0 bridgehead atoms. The lowest BCUT2D eigenvalue weighted by Crippen LogP contribution is -2.31. The lowest BCUT2D eigenvalue weighted by atomic mass is 10.1. The number of H-pyrrole nitrogens is 1. The molecule has 5 rings (SSSR count). The normalized spacial score (nSPS) is 16.6. The van der Waals surface area contributed by atoms with Gasteiger partial charge in [0.1, 0.15) is 11.5 Å². The van der Waals surface area contributed by atoms with Crippen LogP contribution in [0, 0.1) is 12.7 Å².